The fourth-order valence-corrected chi connectivity index (χ4v) is 1.63. The molecule has 2 heteroatoms. The van der Waals surface area contributed by atoms with E-state index >= 15 is 0 Å². The molecule has 0 radical (unpaired) electrons. The van der Waals surface area contributed by atoms with Crippen molar-refractivity contribution in [1.29, 1.82) is 0 Å². The van der Waals surface area contributed by atoms with Crippen molar-refractivity contribution in [3.05, 3.63) is 65.8 Å². The van der Waals surface area contributed by atoms with Crippen LogP contribution < -0.4 is 0 Å². The van der Waals surface area contributed by atoms with Crippen LogP contribution in [0.1, 0.15) is 12.0 Å². The van der Waals surface area contributed by atoms with Crippen molar-refractivity contribution in [2.75, 3.05) is 0 Å². The molecule has 1 aliphatic rings. The van der Waals surface area contributed by atoms with Crippen molar-refractivity contribution in [3.8, 4) is 0 Å². The predicted octanol–water partition coefficient (Wildman–Crippen LogP) is 4.18. The molecule has 0 nitrogen and oxygen atoms in total. The quantitative estimate of drug-likeness (QED) is 0.643. The number of halogens is 2. The van der Waals surface area contributed by atoms with Crippen LogP contribution >= 0.6 is 0 Å². The minimum absolute atomic E-state index is 0.128. The summed E-state index contributed by atoms with van der Waals surface area (Å²) < 4.78 is 25.3. The Morgan fingerprint density at radius 2 is 1.80 bits per heavy atom. The normalized spacial score (nSPS) is 15.1. The first-order chi connectivity index (χ1) is 7.29. The Bertz CT molecular complexity index is 435. The molecule has 1 aliphatic carbocycles. The van der Waals surface area contributed by atoms with Crippen LogP contribution in [0.4, 0.5) is 8.78 Å². The van der Waals surface area contributed by atoms with Crippen LogP contribution in [-0.4, -0.2) is 0 Å². The van der Waals surface area contributed by atoms with Crippen LogP contribution in [0.2, 0.25) is 0 Å². The zero-order valence-electron chi connectivity index (χ0n) is 8.08. The third kappa shape index (κ3) is 2.04. The second-order valence-electron chi connectivity index (χ2n) is 3.32. The van der Waals surface area contributed by atoms with E-state index in [-0.39, 0.29) is 5.57 Å². The van der Waals surface area contributed by atoms with Gasteiger partial charge in [0, 0.05) is 5.57 Å². The van der Waals surface area contributed by atoms with Crippen molar-refractivity contribution in [3.63, 3.8) is 0 Å². The Morgan fingerprint density at radius 1 is 1.07 bits per heavy atom. The fraction of sp³-hybridized carbons (Fsp3) is 0.0769. The first-order valence-electron chi connectivity index (χ1n) is 4.76. The standard InChI is InChI=1S/C13H10F2/c14-13(15)12-9-5-4-8-11(12)10-6-2-1-3-7-10/h1-8H,9H2. The lowest BCUT2D eigenvalue weighted by Crippen LogP contribution is -1.94. The third-order valence-electron chi connectivity index (χ3n) is 2.36. The van der Waals surface area contributed by atoms with Gasteiger partial charge in [-0.15, -0.1) is 0 Å². The molecule has 0 unspecified atom stereocenters. The molecule has 0 bridgehead atoms. The average Bonchev–Trinajstić information content (AvgIpc) is 2.30. The van der Waals surface area contributed by atoms with Gasteiger partial charge in [0.15, 0.2) is 0 Å². The second kappa shape index (κ2) is 4.22. The van der Waals surface area contributed by atoms with E-state index in [0.717, 1.165) is 5.56 Å². The number of hydrogen-bond acceptors (Lipinski definition) is 0. The molecular weight excluding hydrogens is 194 g/mol. The second-order valence-corrected chi connectivity index (χ2v) is 3.32. The van der Waals surface area contributed by atoms with Crippen molar-refractivity contribution >= 4 is 5.57 Å². The fourth-order valence-electron chi connectivity index (χ4n) is 1.63. The highest BCUT2D eigenvalue weighted by Crippen LogP contribution is 2.32. The number of hydrogen-bond donors (Lipinski definition) is 0. The third-order valence-corrected chi connectivity index (χ3v) is 2.36. The summed E-state index contributed by atoms with van der Waals surface area (Å²) in [5.74, 6) is 0. The van der Waals surface area contributed by atoms with Gasteiger partial charge in [-0.1, -0.05) is 48.6 Å². The molecule has 0 aromatic heterocycles. The Kier molecular flexibility index (Phi) is 2.77. The van der Waals surface area contributed by atoms with Gasteiger partial charge >= 0.3 is 0 Å². The molecular formula is C13H10F2. The molecule has 1 aromatic rings. The molecule has 2 rings (SSSR count). The molecule has 0 heterocycles. The first kappa shape index (κ1) is 9.84. The minimum atomic E-state index is -1.59. The zero-order chi connectivity index (χ0) is 10.7. The van der Waals surface area contributed by atoms with Gasteiger partial charge in [0.1, 0.15) is 0 Å². The zero-order valence-corrected chi connectivity index (χ0v) is 8.08. The van der Waals surface area contributed by atoms with Crippen LogP contribution in [-0.2, 0) is 0 Å². The smallest absolute Gasteiger partial charge is 0.173 e. The van der Waals surface area contributed by atoms with Crippen LogP contribution in [0.5, 0.6) is 0 Å². The Labute approximate surface area is 87.2 Å². The summed E-state index contributed by atoms with van der Waals surface area (Å²) >= 11 is 0. The van der Waals surface area contributed by atoms with Gasteiger partial charge in [-0.05, 0) is 17.6 Å². The summed E-state index contributed by atoms with van der Waals surface area (Å²) in [7, 11) is 0. The van der Waals surface area contributed by atoms with Crippen molar-refractivity contribution in [2.45, 2.75) is 6.42 Å². The van der Waals surface area contributed by atoms with E-state index in [0.29, 0.717) is 12.0 Å². The summed E-state index contributed by atoms with van der Waals surface area (Å²) in [5, 5.41) is 0. The van der Waals surface area contributed by atoms with E-state index in [4.69, 9.17) is 0 Å². The van der Waals surface area contributed by atoms with Crippen molar-refractivity contribution < 1.29 is 8.78 Å². The van der Waals surface area contributed by atoms with Gasteiger partial charge in [-0.2, -0.15) is 8.78 Å². The van der Waals surface area contributed by atoms with E-state index in [1.165, 1.54) is 0 Å². The maximum Gasteiger partial charge on any atom is 0.274 e. The van der Waals surface area contributed by atoms with E-state index in [9.17, 15) is 8.78 Å². The van der Waals surface area contributed by atoms with Crippen molar-refractivity contribution in [1.82, 2.24) is 0 Å². The monoisotopic (exact) mass is 204 g/mol. The lowest BCUT2D eigenvalue weighted by atomic mass is 9.93. The van der Waals surface area contributed by atoms with Gasteiger partial charge < -0.3 is 0 Å². The summed E-state index contributed by atoms with van der Waals surface area (Å²) in [6, 6.07) is 9.25. The molecule has 0 atom stereocenters. The molecule has 0 saturated carbocycles. The molecule has 0 fully saturated rings. The molecule has 0 N–H and O–H groups in total. The van der Waals surface area contributed by atoms with Gasteiger partial charge in [-0.25, -0.2) is 0 Å². The van der Waals surface area contributed by atoms with Crippen molar-refractivity contribution in [2.24, 2.45) is 0 Å². The van der Waals surface area contributed by atoms with Crippen LogP contribution in [0.15, 0.2) is 60.2 Å². The molecule has 0 saturated heterocycles. The van der Waals surface area contributed by atoms with E-state index in [1.807, 2.05) is 36.4 Å². The van der Waals surface area contributed by atoms with Gasteiger partial charge in [0.05, 0.1) is 0 Å². The molecule has 0 aliphatic heterocycles. The van der Waals surface area contributed by atoms with Gasteiger partial charge in [0.2, 0.25) is 0 Å². The molecule has 0 spiro atoms. The maximum atomic E-state index is 12.7. The topological polar surface area (TPSA) is 0 Å². The predicted molar refractivity (Wildman–Crippen MR) is 57.4 cm³/mol. The highest BCUT2D eigenvalue weighted by atomic mass is 19.3. The SMILES string of the molecule is FC(F)=C1CC=CC=C1c1ccccc1. The molecule has 15 heavy (non-hydrogen) atoms. The van der Waals surface area contributed by atoms with Gasteiger partial charge in [0.25, 0.3) is 6.08 Å². The Balaban J connectivity index is 2.48. The summed E-state index contributed by atoms with van der Waals surface area (Å²) in [6.07, 6.45) is 4.00. The summed E-state index contributed by atoms with van der Waals surface area (Å²) in [6.45, 7) is 0. The first-order valence-corrected chi connectivity index (χ1v) is 4.76. The molecule has 1 aromatic carbocycles. The van der Waals surface area contributed by atoms with E-state index < -0.39 is 6.08 Å². The van der Waals surface area contributed by atoms with Crippen LogP contribution in [0.3, 0.4) is 0 Å². The highest BCUT2D eigenvalue weighted by Gasteiger charge is 2.14. The number of allylic oxidation sites excluding steroid dienone is 5. The average molecular weight is 204 g/mol. The lowest BCUT2D eigenvalue weighted by molar-refractivity contribution is 0.413. The summed E-state index contributed by atoms with van der Waals surface area (Å²) in [4.78, 5) is 0. The largest absolute Gasteiger partial charge is 0.274 e. The molecule has 76 valence electrons. The summed E-state index contributed by atoms with van der Waals surface area (Å²) in [5.41, 5.74) is 1.59. The number of rotatable bonds is 1. The Hall–Kier alpha value is -1.70. The van der Waals surface area contributed by atoms with E-state index in [1.54, 1.807) is 12.2 Å². The number of benzene rings is 1. The Morgan fingerprint density at radius 3 is 2.47 bits per heavy atom. The van der Waals surface area contributed by atoms with Crippen LogP contribution in [0, 0.1) is 0 Å². The van der Waals surface area contributed by atoms with Gasteiger partial charge in [-0.3, -0.25) is 0 Å². The lowest BCUT2D eigenvalue weighted by Gasteiger charge is -2.12. The molecule has 0 amide bonds. The minimum Gasteiger partial charge on any atom is -0.173 e. The van der Waals surface area contributed by atoms with Crippen LogP contribution in [0.25, 0.3) is 5.57 Å². The maximum absolute atomic E-state index is 12.7. The van der Waals surface area contributed by atoms with E-state index in [2.05, 4.69) is 0 Å². The highest BCUT2D eigenvalue weighted by molar-refractivity contribution is 5.81.